The van der Waals surface area contributed by atoms with E-state index >= 15 is 0 Å². The Bertz CT molecular complexity index is 1450. The molecular weight excluding hydrogens is 508 g/mol. The van der Waals surface area contributed by atoms with Crippen molar-refractivity contribution in [2.24, 2.45) is 0 Å². The van der Waals surface area contributed by atoms with Crippen molar-refractivity contribution >= 4 is 57.3 Å². The first-order valence-electron chi connectivity index (χ1n) is 9.37. The van der Waals surface area contributed by atoms with Crippen LogP contribution in [0.4, 0.5) is 0 Å². The molecule has 5 rings (SSSR count). The Balaban J connectivity index is 1.69. The summed E-state index contributed by atoms with van der Waals surface area (Å²) in [6, 6.07) is 29.5. The molecule has 0 radical (unpaired) electrons. The van der Waals surface area contributed by atoms with E-state index < -0.39 is 7.60 Å². The fourth-order valence-electron chi connectivity index (χ4n) is 3.90. The molecule has 1 aromatic heterocycles. The molecule has 148 valence electrons. The quantitative estimate of drug-likeness (QED) is 0.229. The van der Waals surface area contributed by atoms with Gasteiger partial charge in [-0.05, 0) is 82.2 Å². The molecule has 0 amide bonds. The zero-order valence-electron chi connectivity index (χ0n) is 15.7. The average Bonchev–Trinajstić information content (AvgIpc) is 3.07. The van der Waals surface area contributed by atoms with Crippen LogP contribution in [0.25, 0.3) is 38.6 Å². The summed E-state index contributed by atoms with van der Waals surface area (Å²) in [4.78, 5) is 18.7. The van der Waals surface area contributed by atoms with Crippen molar-refractivity contribution in [1.82, 2.24) is 4.57 Å². The number of nitrogens with zero attached hydrogens (tertiary/aromatic N) is 1. The maximum atomic E-state index is 11.5. The number of benzene rings is 4. The van der Waals surface area contributed by atoms with Gasteiger partial charge in [-0.2, -0.15) is 0 Å². The van der Waals surface area contributed by atoms with Crippen molar-refractivity contribution in [3.05, 3.63) is 94.6 Å². The second-order valence-electron chi connectivity index (χ2n) is 7.16. The van der Waals surface area contributed by atoms with E-state index in [-0.39, 0.29) is 5.30 Å². The normalized spacial score (nSPS) is 12.0. The number of halogens is 1. The van der Waals surface area contributed by atoms with Crippen LogP contribution in [0.3, 0.4) is 0 Å². The van der Waals surface area contributed by atoms with Crippen LogP contribution in [0.2, 0.25) is 0 Å². The van der Waals surface area contributed by atoms with Crippen LogP contribution in [0.1, 0.15) is 0 Å². The van der Waals surface area contributed by atoms with Crippen LogP contribution in [-0.2, 0) is 4.57 Å². The Morgan fingerprint density at radius 3 is 2.20 bits per heavy atom. The predicted molar refractivity (Wildman–Crippen MR) is 131 cm³/mol. The van der Waals surface area contributed by atoms with Crippen LogP contribution in [0.15, 0.2) is 91.0 Å². The van der Waals surface area contributed by atoms with Crippen molar-refractivity contribution in [1.29, 1.82) is 0 Å². The molecule has 5 aromatic rings. The van der Waals surface area contributed by atoms with Crippen LogP contribution < -0.4 is 5.30 Å². The van der Waals surface area contributed by atoms with E-state index in [1.54, 1.807) is 12.1 Å². The van der Waals surface area contributed by atoms with Crippen LogP contribution in [0.5, 0.6) is 0 Å². The minimum atomic E-state index is -4.24. The summed E-state index contributed by atoms with van der Waals surface area (Å²) >= 11 is 2.34. The summed E-state index contributed by atoms with van der Waals surface area (Å²) in [5.41, 5.74) is 5.22. The molecule has 0 saturated heterocycles. The fourth-order valence-corrected chi connectivity index (χ4v) is 4.92. The number of fused-ring (bicyclic) bond motifs is 3. The highest BCUT2D eigenvalue weighted by atomic mass is 127. The third-order valence-corrected chi connectivity index (χ3v) is 6.92. The first-order valence-corrected chi connectivity index (χ1v) is 12.1. The Kier molecular flexibility index (Phi) is 4.79. The van der Waals surface area contributed by atoms with E-state index in [1.807, 2.05) is 18.2 Å². The third-order valence-electron chi connectivity index (χ3n) is 5.28. The standard InChI is InChI=1S/C24H17INO3P/c25-18-10-13-24-22(15-18)21-6-1-2-7-23(21)26(24)19-5-3-4-17(14-19)16-8-11-20(12-9-16)30(27,28)29/h1-15H,(H2,27,28,29). The van der Waals surface area contributed by atoms with E-state index in [0.29, 0.717) is 0 Å². The highest BCUT2D eigenvalue weighted by Crippen LogP contribution is 2.35. The summed E-state index contributed by atoms with van der Waals surface area (Å²) in [6.45, 7) is 0. The summed E-state index contributed by atoms with van der Waals surface area (Å²) in [5.74, 6) is 0. The van der Waals surface area contributed by atoms with Crippen LogP contribution >= 0.6 is 30.2 Å². The lowest BCUT2D eigenvalue weighted by molar-refractivity contribution is 0.387. The summed E-state index contributed by atoms with van der Waals surface area (Å²) < 4.78 is 14.9. The minimum absolute atomic E-state index is 0.0272. The van der Waals surface area contributed by atoms with Crippen LogP contribution in [0, 0.1) is 3.57 Å². The maximum absolute atomic E-state index is 11.5. The van der Waals surface area contributed by atoms with E-state index in [1.165, 1.54) is 26.5 Å². The van der Waals surface area contributed by atoms with Gasteiger partial charge in [-0.3, -0.25) is 4.57 Å². The first-order chi connectivity index (χ1) is 14.4. The molecule has 4 aromatic carbocycles. The predicted octanol–water partition coefficient (Wildman–Crippen LogP) is 5.86. The second kappa shape index (κ2) is 7.36. The van der Waals surface area contributed by atoms with Gasteiger partial charge in [0.05, 0.1) is 16.3 Å². The Morgan fingerprint density at radius 1 is 0.700 bits per heavy atom. The van der Waals surface area contributed by atoms with Gasteiger partial charge < -0.3 is 14.4 Å². The lowest BCUT2D eigenvalue weighted by atomic mass is 10.1. The molecule has 4 nitrogen and oxygen atoms in total. The van der Waals surface area contributed by atoms with Gasteiger partial charge in [0, 0.05) is 20.0 Å². The van der Waals surface area contributed by atoms with Crippen molar-refractivity contribution in [3.63, 3.8) is 0 Å². The van der Waals surface area contributed by atoms with Crippen molar-refractivity contribution in [2.75, 3.05) is 0 Å². The SMILES string of the molecule is O=P(O)(O)c1ccc(-c2cccc(-n3c4ccccc4c4cc(I)ccc43)c2)cc1. The Labute approximate surface area is 187 Å². The largest absolute Gasteiger partial charge is 0.356 e. The van der Waals surface area contributed by atoms with E-state index in [2.05, 4.69) is 75.7 Å². The van der Waals surface area contributed by atoms with Gasteiger partial charge in [-0.25, -0.2) is 0 Å². The lowest BCUT2D eigenvalue weighted by Crippen LogP contribution is -2.02. The van der Waals surface area contributed by atoms with Gasteiger partial charge >= 0.3 is 7.60 Å². The monoisotopic (exact) mass is 525 g/mol. The lowest BCUT2D eigenvalue weighted by Gasteiger charge is -2.11. The molecule has 0 aliphatic carbocycles. The highest BCUT2D eigenvalue weighted by Gasteiger charge is 2.17. The van der Waals surface area contributed by atoms with Crippen molar-refractivity contribution in [2.45, 2.75) is 0 Å². The molecule has 1 heterocycles. The van der Waals surface area contributed by atoms with Crippen molar-refractivity contribution < 1.29 is 14.4 Å². The maximum Gasteiger partial charge on any atom is 0.356 e. The molecule has 0 atom stereocenters. The van der Waals surface area contributed by atoms with E-state index in [4.69, 9.17) is 0 Å². The van der Waals surface area contributed by atoms with Crippen molar-refractivity contribution in [3.8, 4) is 16.8 Å². The number of hydrogen-bond acceptors (Lipinski definition) is 1. The average molecular weight is 525 g/mol. The highest BCUT2D eigenvalue weighted by molar-refractivity contribution is 14.1. The molecule has 0 fully saturated rings. The molecule has 6 heteroatoms. The number of rotatable bonds is 3. The van der Waals surface area contributed by atoms with Gasteiger partial charge in [-0.1, -0.05) is 42.5 Å². The zero-order valence-corrected chi connectivity index (χ0v) is 18.8. The van der Waals surface area contributed by atoms with Gasteiger partial charge in [0.1, 0.15) is 0 Å². The molecular formula is C24H17INO3P. The van der Waals surface area contributed by atoms with Gasteiger partial charge in [0.2, 0.25) is 0 Å². The number of para-hydroxylation sites is 1. The Morgan fingerprint density at radius 2 is 1.43 bits per heavy atom. The van der Waals surface area contributed by atoms with E-state index in [9.17, 15) is 14.4 Å². The van der Waals surface area contributed by atoms with Gasteiger partial charge in [0.15, 0.2) is 0 Å². The van der Waals surface area contributed by atoms with Gasteiger partial charge in [-0.15, -0.1) is 0 Å². The Hall–Kier alpha value is -2.44. The van der Waals surface area contributed by atoms with Crippen LogP contribution in [-0.4, -0.2) is 14.4 Å². The zero-order chi connectivity index (χ0) is 20.9. The van der Waals surface area contributed by atoms with E-state index in [0.717, 1.165) is 27.8 Å². The van der Waals surface area contributed by atoms with Gasteiger partial charge in [0.25, 0.3) is 0 Å². The molecule has 30 heavy (non-hydrogen) atoms. The first kappa shape index (κ1) is 19.5. The molecule has 0 bridgehead atoms. The molecule has 0 saturated carbocycles. The molecule has 0 unspecified atom stereocenters. The fraction of sp³-hybridized carbons (Fsp3) is 0. The third kappa shape index (κ3) is 3.38. The smallest absolute Gasteiger partial charge is 0.321 e. The number of aromatic nitrogens is 1. The summed E-state index contributed by atoms with van der Waals surface area (Å²) in [6.07, 6.45) is 0. The molecule has 0 aliphatic heterocycles. The topological polar surface area (TPSA) is 62.5 Å². The molecule has 0 aliphatic rings. The number of hydrogen-bond donors (Lipinski definition) is 2. The summed E-state index contributed by atoms with van der Waals surface area (Å²) in [7, 11) is -4.24. The molecule has 0 spiro atoms. The summed E-state index contributed by atoms with van der Waals surface area (Å²) in [5, 5.41) is 2.45. The second-order valence-corrected chi connectivity index (χ2v) is 10.0. The molecule has 2 N–H and O–H groups in total. The minimum Gasteiger partial charge on any atom is -0.321 e.